The second kappa shape index (κ2) is 5.29. The van der Waals surface area contributed by atoms with Crippen LogP contribution in [0.3, 0.4) is 0 Å². The van der Waals surface area contributed by atoms with E-state index < -0.39 is 0 Å². The van der Waals surface area contributed by atoms with Crippen LogP contribution in [0.1, 0.15) is 44.7 Å². The van der Waals surface area contributed by atoms with Crippen LogP contribution in [0, 0.1) is 5.92 Å². The number of anilines is 1. The fourth-order valence-corrected chi connectivity index (χ4v) is 5.41. The predicted octanol–water partition coefficient (Wildman–Crippen LogP) is 6.06. The molecule has 26 heavy (non-hydrogen) atoms. The highest BCUT2D eigenvalue weighted by molar-refractivity contribution is 6.30. The molecule has 1 saturated carbocycles. The van der Waals surface area contributed by atoms with Gasteiger partial charge < -0.3 is 10.1 Å². The number of hydrogen-bond acceptors (Lipinski definition) is 2. The minimum Gasteiger partial charge on any atom is -0.483 e. The largest absolute Gasteiger partial charge is 0.483 e. The fraction of sp³-hybridized carbons (Fsp3) is 0.391. The first kappa shape index (κ1) is 16.3. The van der Waals surface area contributed by atoms with E-state index in [0.29, 0.717) is 5.92 Å². The molecule has 0 aromatic heterocycles. The first-order chi connectivity index (χ1) is 12.4. The van der Waals surface area contributed by atoms with Gasteiger partial charge in [0.25, 0.3) is 0 Å². The van der Waals surface area contributed by atoms with Crippen LogP contribution in [0.2, 0.25) is 5.02 Å². The van der Waals surface area contributed by atoms with E-state index >= 15 is 0 Å². The summed E-state index contributed by atoms with van der Waals surface area (Å²) in [5.74, 6) is 1.51. The van der Waals surface area contributed by atoms with Crippen molar-refractivity contribution in [1.82, 2.24) is 0 Å². The lowest BCUT2D eigenvalue weighted by molar-refractivity contribution is 0.0603. The molecular weight excluding hydrogens is 342 g/mol. The van der Waals surface area contributed by atoms with Gasteiger partial charge in [0, 0.05) is 16.3 Å². The molecule has 2 heterocycles. The van der Waals surface area contributed by atoms with Gasteiger partial charge in [0.2, 0.25) is 0 Å². The van der Waals surface area contributed by atoms with Gasteiger partial charge in [0.15, 0.2) is 0 Å². The van der Waals surface area contributed by atoms with Crippen molar-refractivity contribution in [3.05, 3.63) is 64.2 Å². The lowest BCUT2D eigenvalue weighted by Crippen LogP contribution is -2.57. The molecule has 0 amide bonds. The molecule has 2 aromatic carbocycles. The van der Waals surface area contributed by atoms with Crippen LogP contribution in [-0.2, 0) is 5.41 Å². The molecule has 0 spiro atoms. The van der Waals surface area contributed by atoms with Gasteiger partial charge in [-0.25, -0.2) is 0 Å². The number of rotatable bonds is 0. The van der Waals surface area contributed by atoms with Crippen molar-refractivity contribution < 1.29 is 4.74 Å². The van der Waals surface area contributed by atoms with E-state index in [1.165, 1.54) is 22.4 Å². The van der Waals surface area contributed by atoms with Gasteiger partial charge in [0.1, 0.15) is 11.4 Å². The zero-order chi connectivity index (χ0) is 18.1. The topological polar surface area (TPSA) is 21.3 Å². The Bertz CT molecular complexity index is 932. The molecule has 2 nitrogen and oxygen atoms in total. The molecule has 5 rings (SSSR count). The van der Waals surface area contributed by atoms with Crippen molar-refractivity contribution in [2.24, 2.45) is 5.92 Å². The van der Waals surface area contributed by atoms with Crippen LogP contribution in [0.25, 0.3) is 6.08 Å². The van der Waals surface area contributed by atoms with Gasteiger partial charge >= 0.3 is 0 Å². The van der Waals surface area contributed by atoms with Crippen LogP contribution in [-0.4, -0.2) is 11.6 Å². The van der Waals surface area contributed by atoms with Gasteiger partial charge in [0.05, 0.1) is 6.04 Å². The SMILES string of the molecule is CC12CC[C@@H]3[C@H](Nc4ccc(Cl)cc4C3(C)C)C1=Cc1ccccc1O2. The van der Waals surface area contributed by atoms with E-state index in [1.807, 2.05) is 6.07 Å². The van der Waals surface area contributed by atoms with Crippen LogP contribution in [0.5, 0.6) is 5.75 Å². The average Bonchev–Trinajstić information content (AvgIpc) is 2.60. The summed E-state index contributed by atoms with van der Waals surface area (Å²) in [6, 6.07) is 14.9. The lowest BCUT2D eigenvalue weighted by Gasteiger charge is -2.54. The Morgan fingerprint density at radius 2 is 1.92 bits per heavy atom. The highest BCUT2D eigenvalue weighted by Crippen LogP contribution is 2.54. The second-order valence-corrected chi connectivity index (χ2v) is 9.09. The molecule has 0 saturated heterocycles. The monoisotopic (exact) mass is 365 g/mol. The Kier molecular flexibility index (Phi) is 3.31. The highest BCUT2D eigenvalue weighted by Gasteiger charge is 2.52. The number of ether oxygens (including phenoxy) is 1. The maximum atomic E-state index is 6.52. The highest BCUT2D eigenvalue weighted by atomic mass is 35.5. The number of halogens is 1. The smallest absolute Gasteiger partial charge is 0.130 e. The molecule has 2 aliphatic heterocycles. The first-order valence-electron chi connectivity index (χ1n) is 9.45. The zero-order valence-electron chi connectivity index (χ0n) is 15.5. The summed E-state index contributed by atoms with van der Waals surface area (Å²) >= 11 is 6.31. The van der Waals surface area contributed by atoms with E-state index in [2.05, 4.69) is 68.6 Å². The first-order valence-corrected chi connectivity index (χ1v) is 9.83. The van der Waals surface area contributed by atoms with Crippen LogP contribution in [0.15, 0.2) is 48.0 Å². The lowest BCUT2D eigenvalue weighted by atomic mass is 9.58. The maximum absolute atomic E-state index is 6.52. The Hall–Kier alpha value is -1.93. The van der Waals surface area contributed by atoms with E-state index in [4.69, 9.17) is 16.3 Å². The van der Waals surface area contributed by atoms with E-state index in [-0.39, 0.29) is 17.1 Å². The number of fused-ring (bicyclic) bond motifs is 5. The third-order valence-corrected chi connectivity index (χ3v) is 6.99. The van der Waals surface area contributed by atoms with Crippen molar-refractivity contribution in [2.75, 3.05) is 5.32 Å². The molecule has 1 fully saturated rings. The van der Waals surface area contributed by atoms with E-state index in [0.717, 1.165) is 23.6 Å². The summed E-state index contributed by atoms with van der Waals surface area (Å²) in [5, 5.41) is 4.64. The van der Waals surface area contributed by atoms with Crippen molar-refractivity contribution in [2.45, 2.75) is 50.7 Å². The van der Waals surface area contributed by atoms with Gasteiger partial charge in [-0.1, -0.05) is 43.6 Å². The average molecular weight is 366 g/mol. The molecule has 1 unspecified atom stereocenters. The second-order valence-electron chi connectivity index (χ2n) is 8.65. The predicted molar refractivity (Wildman–Crippen MR) is 108 cm³/mol. The summed E-state index contributed by atoms with van der Waals surface area (Å²) in [5.41, 5.74) is 4.91. The van der Waals surface area contributed by atoms with Gasteiger partial charge in [-0.2, -0.15) is 0 Å². The standard InChI is InChI=1S/C23H24ClNO/c1-22(2)16-10-11-23(3)18(12-14-6-4-5-7-20(14)26-23)21(16)25-19-9-8-15(24)13-17(19)22/h4-9,12-13,16,21,25H,10-11H2,1-3H3/t16-,21+,23?/m1/s1. The summed E-state index contributed by atoms with van der Waals surface area (Å²) in [4.78, 5) is 0. The zero-order valence-corrected chi connectivity index (χ0v) is 16.2. The molecule has 0 radical (unpaired) electrons. The Labute approximate surface area is 160 Å². The summed E-state index contributed by atoms with van der Waals surface area (Å²) in [6.45, 7) is 6.97. The number of nitrogens with one attached hydrogen (secondary N) is 1. The van der Waals surface area contributed by atoms with Crippen LogP contribution >= 0.6 is 11.6 Å². The van der Waals surface area contributed by atoms with E-state index in [1.54, 1.807) is 0 Å². The number of benzene rings is 2. The van der Waals surface area contributed by atoms with Crippen LogP contribution < -0.4 is 10.1 Å². The van der Waals surface area contributed by atoms with E-state index in [9.17, 15) is 0 Å². The Morgan fingerprint density at radius 3 is 2.77 bits per heavy atom. The molecule has 0 bridgehead atoms. The number of para-hydroxylation sites is 1. The Morgan fingerprint density at radius 1 is 1.12 bits per heavy atom. The summed E-state index contributed by atoms with van der Waals surface area (Å²) in [7, 11) is 0. The molecule has 2 aromatic rings. The third kappa shape index (κ3) is 2.18. The quantitative estimate of drug-likeness (QED) is 0.613. The number of hydrogen-bond donors (Lipinski definition) is 1. The van der Waals surface area contributed by atoms with Crippen molar-refractivity contribution in [3.63, 3.8) is 0 Å². The molecule has 3 heteroatoms. The van der Waals surface area contributed by atoms with Crippen molar-refractivity contribution in [1.29, 1.82) is 0 Å². The minimum absolute atomic E-state index is 0.0648. The van der Waals surface area contributed by atoms with Crippen molar-refractivity contribution >= 4 is 23.4 Å². The van der Waals surface area contributed by atoms with Gasteiger partial charge in [-0.15, -0.1) is 0 Å². The van der Waals surface area contributed by atoms with Crippen molar-refractivity contribution in [3.8, 4) is 5.75 Å². The molecule has 1 N–H and O–H groups in total. The summed E-state index contributed by atoms with van der Waals surface area (Å²) in [6.07, 6.45) is 4.53. The van der Waals surface area contributed by atoms with Crippen LogP contribution in [0.4, 0.5) is 5.69 Å². The normalized spacial score (nSPS) is 30.5. The maximum Gasteiger partial charge on any atom is 0.130 e. The minimum atomic E-state index is -0.234. The summed E-state index contributed by atoms with van der Waals surface area (Å²) < 4.78 is 6.52. The molecule has 3 atom stereocenters. The Balaban J connectivity index is 1.66. The molecular formula is C23H24ClNO. The molecule has 1 aliphatic carbocycles. The third-order valence-electron chi connectivity index (χ3n) is 6.76. The molecule has 3 aliphatic rings. The van der Waals surface area contributed by atoms with Gasteiger partial charge in [-0.3, -0.25) is 0 Å². The van der Waals surface area contributed by atoms with Gasteiger partial charge in [-0.05, 0) is 72.6 Å². The fourth-order valence-electron chi connectivity index (χ4n) is 5.24. The molecule has 134 valence electrons.